The van der Waals surface area contributed by atoms with Crippen LogP contribution in [0.4, 0.5) is 22.4 Å². The van der Waals surface area contributed by atoms with Crippen molar-refractivity contribution < 1.29 is 14.3 Å². The van der Waals surface area contributed by atoms with Crippen LogP contribution in [0, 0.1) is 6.92 Å². The average molecular weight is 471 g/mol. The summed E-state index contributed by atoms with van der Waals surface area (Å²) in [6.45, 7) is 7.56. The van der Waals surface area contributed by atoms with Crippen LogP contribution in [0.15, 0.2) is 12.1 Å². The minimum Gasteiger partial charge on any atom is -0.444 e. The number of primary amides is 1. The summed E-state index contributed by atoms with van der Waals surface area (Å²) in [5.74, 6) is 0.790. The lowest BCUT2D eigenvalue weighted by atomic mass is 9.81. The number of anilines is 3. The molecule has 3 atom stereocenters. The molecule has 2 saturated heterocycles. The van der Waals surface area contributed by atoms with E-state index in [1.807, 2.05) is 50.6 Å². The highest BCUT2D eigenvalue weighted by molar-refractivity contribution is 5.92. The van der Waals surface area contributed by atoms with Gasteiger partial charge in [-0.3, -0.25) is 9.89 Å². The second-order valence-electron chi connectivity index (χ2n) is 10.2. The van der Waals surface area contributed by atoms with Gasteiger partial charge in [0.25, 0.3) is 5.91 Å². The Kier molecular flexibility index (Phi) is 6.37. The van der Waals surface area contributed by atoms with Crippen LogP contribution in [0.5, 0.6) is 0 Å². The molecule has 2 bridgehead atoms. The molecule has 34 heavy (non-hydrogen) atoms. The number of rotatable bonds is 5. The fourth-order valence-electron chi connectivity index (χ4n) is 4.84. The van der Waals surface area contributed by atoms with Crippen LogP contribution in [-0.2, 0) is 4.74 Å². The predicted molar refractivity (Wildman–Crippen MR) is 128 cm³/mol. The number of piperidine rings is 2. The van der Waals surface area contributed by atoms with E-state index in [1.165, 1.54) is 6.07 Å². The summed E-state index contributed by atoms with van der Waals surface area (Å²) in [6.07, 6.45) is 4.28. The largest absolute Gasteiger partial charge is 0.444 e. The van der Waals surface area contributed by atoms with Gasteiger partial charge in [-0.15, -0.1) is 0 Å². The molecule has 4 rings (SSSR count). The zero-order valence-corrected chi connectivity index (χ0v) is 20.5. The normalized spacial score (nSPS) is 22.3. The van der Waals surface area contributed by atoms with Gasteiger partial charge in [-0.25, -0.2) is 9.78 Å². The maximum Gasteiger partial charge on any atom is 0.410 e. The number of nitrogens with one attached hydrogen (secondary N) is 2. The molecule has 2 amide bonds. The van der Waals surface area contributed by atoms with Crippen molar-refractivity contribution in [1.29, 1.82) is 0 Å². The third kappa shape index (κ3) is 5.23. The molecule has 0 saturated carbocycles. The van der Waals surface area contributed by atoms with Gasteiger partial charge in [0.15, 0.2) is 5.82 Å². The maximum atomic E-state index is 12.9. The van der Waals surface area contributed by atoms with Crippen molar-refractivity contribution in [3.05, 3.63) is 23.5 Å². The molecular formula is C23H34N8O3. The molecule has 0 aliphatic carbocycles. The summed E-state index contributed by atoms with van der Waals surface area (Å²) in [6, 6.07) is 3.65. The van der Waals surface area contributed by atoms with Gasteiger partial charge in [0, 0.05) is 43.0 Å². The van der Waals surface area contributed by atoms with Crippen molar-refractivity contribution in [1.82, 2.24) is 25.1 Å². The summed E-state index contributed by atoms with van der Waals surface area (Å²) in [4.78, 5) is 37.8. The van der Waals surface area contributed by atoms with Gasteiger partial charge in [-0.1, -0.05) is 0 Å². The molecule has 4 N–H and O–H groups in total. The maximum absolute atomic E-state index is 12.9. The Morgan fingerprint density at radius 2 is 1.85 bits per heavy atom. The van der Waals surface area contributed by atoms with Crippen molar-refractivity contribution in [2.75, 3.05) is 17.3 Å². The van der Waals surface area contributed by atoms with Gasteiger partial charge < -0.3 is 25.6 Å². The Labute approximate surface area is 199 Å². The molecule has 0 spiro atoms. The number of aromatic nitrogens is 4. The van der Waals surface area contributed by atoms with E-state index in [1.54, 1.807) is 0 Å². The number of carbonyl (C=O) groups excluding carboxylic acids is 2. The van der Waals surface area contributed by atoms with E-state index >= 15 is 0 Å². The van der Waals surface area contributed by atoms with Crippen LogP contribution in [0.25, 0.3) is 0 Å². The second-order valence-corrected chi connectivity index (χ2v) is 10.2. The number of amides is 2. The molecule has 2 aromatic rings. The molecule has 0 unspecified atom stereocenters. The minimum absolute atomic E-state index is 0.0961. The number of nitrogens with zero attached hydrogens (tertiary/aromatic N) is 5. The molecule has 2 aliphatic heterocycles. The molecule has 2 aliphatic rings. The number of fused-ring (bicyclic) bond motifs is 2. The van der Waals surface area contributed by atoms with Crippen LogP contribution in [0.1, 0.15) is 69.1 Å². The third-order valence-corrected chi connectivity index (χ3v) is 6.35. The first-order valence-corrected chi connectivity index (χ1v) is 11.7. The van der Waals surface area contributed by atoms with Crippen LogP contribution >= 0.6 is 0 Å². The number of nitrogens with two attached hydrogens (primary N) is 1. The molecule has 184 valence electrons. The first-order chi connectivity index (χ1) is 16.0. The van der Waals surface area contributed by atoms with E-state index in [-0.39, 0.29) is 29.9 Å². The Morgan fingerprint density at radius 1 is 1.18 bits per heavy atom. The fraction of sp³-hybridized carbons (Fsp3) is 0.609. The van der Waals surface area contributed by atoms with Gasteiger partial charge in [0.05, 0.1) is 0 Å². The average Bonchev–Trinajstić information content (AvgIpc) is 3.15. The lowest BCUT2D eigenvalue weighted by molar-refractivity contribution is -0.0214. The smallest absolute Gasteiger partial charge is 0.410 e. The molecule has 4 heterocycles. The zero-order chi connectivity index (χ0) is 24.6. The topological polar surface area (TPSA) is 142 Å². The molecule has 2 aromatic heterocycles. The standard InChI is InChI=1S/C23H34N8O3/c1-13-9-19(29-28-13)26-18-12-17(20(24)32)25-21(27-18)30(5)16-10-14-7-6-8-15(11-16)31(14)22(33)34-23(2,3)4/h9,12,14-16H,6-8,10-11H2,1-5H3,(H2,24,32)(H2,25,26,27,28,29)/t14-,15+,16-. The summed E-state index contributed by atoms with van der Waals surface area (Å²) in [5.41, 5.74) is 6.04. The van der Waals surface area contributed by atoms with Gasteiger partial charge in [-0.2, -0.15) is 10.1 Å². The molecular weight excluding hydrogens is 436 g/mol. The van der Waals surface area contributed by atoms with Crippen molar-refractivity contribution in [3.63, 3.8) is 0 Å². The number of H-pyrrole nitrogens is 1. The first kappa shape index (κ1) is 23.8. The number of hydrogen-bond acceptors (Lipinski definition) is 8. The SMILES string of the molecule is Cc1cc(Nc2cc(C(N)=O)nc(N(C)[C@@H]3C[C@H]4CCC[C@@H](C3)N4C(=O)OC(C)(C)C)n2)n[nH]1. The highest BCUT2D eigenvalue weighted by Gasteiger charge is 2.44. The van der Waals surface area contributed by atoms with Gasteiger partial charge in [0.2, 0.25) is 5.95 Å². The Bertz CT molecular complexity index is 1050. The first-order valence-electron chi connectivity index (χ1n) is 11.7. The minimum atomic E-state index is -0.630. The number of hydrogen-bond donors (Lipinski definition) is 3. The Morgan fingerprint density at radius 3 is 2.41 bits per heavy atom. The number of aryl methyl sites for hydroxylation is 1. The van der Waals surface area contributed by atoms with E-state index in [9.17, 15) is 9.59 Å². The number of carbonyl (C=O) groups is 2. The van der Waals surface area contributed by atoms with Crippen molar-refractivity contribution >= 4 is 29.6 Å². The molecule has 11 heteroatoms. The molecule has 2 fully saturated rings. The highest BCUT2D eigenvalue weighted by Crippen LogP contribution is 2.37. The van der Waals surface area contributed by atoms with E-state index < -0.39 is 11.5 Å². The van der Waals surface area contributed by atoms with E-state index in [2.05, 4.69) is 25.5 Å². The summed E-state index contributed by atoms with van der Waals surface area (Å²) in [7, 11) is 1.92. The van der Waals surface area contributed by atoms with Crippen LogP contribution in [0.3, 0.4) is 0 Å². The summed E-state index contributed by atoms with van der Waals surface area (Å²) < 4.78 is 5.69. The van der Waals surface area contributed by atoms with E-state index in [0.29, 0.717) is 17.6 Å². The van der Waals surface area contributed by atoms with Crippen molar-refractivity contribution in [2.24, 2.45) is 5.73 Å². The van der Waals surface area contributed by atoms with Crippen molar-refractivity contribution in [2.45, 2.75) is 83.5 Å². The monoisotopic (exact) mass is 470 g/mol. The molecule has 11 nitrogen and oxygen atoms in total. The fourth-order valence-corrected chi connectivity index (χ4v) is 4.84. The number of aromatic amines is 1. The lowest BCUT2D eigenvalue weighted by Crippen LogP contribution is -2.59. The van der Waals surface area contributed by atoms with Crippen LogP contribution in [0.2, 0.25) is 0 Å². The van der Waals surface area contributed by atoms with Crippen molar-refractivity contribution in [3.8, 4) is 0 Å². The van der Waals surface area contributed by atoms with Crippen LogP contribution in [-0.4, -0.2) is 67.8 Å². The highest BCUT2D eigenvalue weighted by atomic mass is 16.6. The van der Waals surface area contributed by atoms with Gasteiger partial charge in [0.1, 0.15) is 17.1 Å². The Balaban J connectivity index is 1.55. The lowest BCUT2D eigenvalue weighted by Gasteiger charge is -2.50. The summed E-state index contributed by atoms with van der Waals surface area (Å²) in [5, 5.41) is 10.1. The second kappa shape index (κ2) is 9.11. The molecule has 0 aromatic carbocycles. The number of ether oxygens (including phenoxy) is 1. The van der Waals surface area contributed by atoms with Gasteiger partial charge in [-0.05, 0) is 59.8 Å². The summed E-state index contributed by atoms with van der Waals surface area (Å²) >= 11 is 0. The third-order valence-electron chi connectivity index (χ3n) is 6.35. The van der Waals surface area contributed by atoms with Crippen LogP contribution < -0.4 is 16.0 Å². The van der Waals surface area contributed by atoms with E-state index in [4.69, 9.17) is 10.5 Å². The molecule has 0 radical (unpaired) electrons. The van der Waals surface area contributed by atoms with E-state index in [0.717, 1.165) is 37.8 Å². The predicted octanol–water partition coefficient (Wildman–Crippen LogP) is 3.11. The Hall–Kier alpha value is -3.37. The van der Waals surface area contributed by atoms with Gasteiger partial charge >= 0.3 is 6.09 Å². The zero-order valence-electron chi connectivity index (χ0n) is 20.5. The quantitative estimate of drug-likeness (QED) is 0.605.